The van der Waals surface area contributed by atoms with Crippen molar-refractivity contribution in [2.75, 3.05) is 56.2 Å². The summed E-state index contributed by atoms with van der Waals surface area (Å²) in [6.07, 6.45) is 4.59. The third-order valence-electron chi connectivity index (χ3n) is 6.57. The molecule has 0 radical (unpaired) electrons. The number of ether oxygens (including phenoxy) is 2. The lowest BCUT2D eigenvalue weighted by Crippen LogP contribution is -2.40. The van der Waals surface area contributed by atoms with Crippen LogP contribution in [0.25, 0.3) is 0 Å². The minimum Gasteiger partial charge on any atom is -0.493 e. The van der Waals surface area contributed by atoms with Crippen molar-refractivity contribution in [3.63, 3.8) is 0 Å². The van der Waals surface area contributed by atoms with E-state index in [0.717, 1.165) is 44.0 Å². The average molecular weight is 486 g/mol. The van der Waals surface area contributed by atoms with Crippen molar-refractivity contribution in [2.24, 2.45) is 5.92 Å². The maximum Gasteiger partial charge on any atom is 0.255 e. The molecule has 3 fully saturated rings. The topological polar surface area (TPSA) is 88.2 Å². The molecule has 0 atom stereocenters. The molecule has 0 bridgehead atoms. The van der Waals surface area contributed by atoms with Crippen LogP contribution in [0.1, 0.15) is 36.0 Å². The Balaban J connectivity index is 1.37. The third-order valence-corrected chi connectivity index (χ3v) is 8.46. The number of nitrogens with zero attached hydrogens (tertiary/aromatic N) is 2. The van der Waals surface area contributed by atoms with Crippen molar-refractivity contribution in [1.82, 2.24) is 4.31 Å². The zero-order valence-electron chi connectivity index (χ0n) is 19.2. The van der Waals surface area contributed by atoms with Crippen LogP contribution in [0.2, 0.25) is 0 Å². The second-order valence-corrected chi connectivity index (χ2v) is 11.1. The third kappa shape index (κ3) is 5.21. The second-order valence-electron chi connectivity index (χ2n) is 9.12. The standard InChI is InChI=1S/C25H31N3O5S/c29-25(20-5-7-21(8-6-20)33-18-19-3-4-19)26-23-17-22(9-10-24(23)27-11-1-2-12-27)34(30,31)28-13-15-32-16-14-28/h5-10,17,19H,1-4,11-16,18H2,(H,26,29). The van der Waals surface area contributed by atoms with Crippen LogP contribution in [-0.2, 0) is 14.8 Å². The van der Waals surface area contributed by atoms with Gasteiger partial charge in [-0.15, -0.1) is 0 Å². The molecule has 2 aromatic carbocycles. The second kappa shape index (κ2) is 9.93. The first-order valence-corrected chi connectivity index (χ1v) is 13.5. The molecule has 182 valence electrons. The number of benzene rings is 2. The van der Waals surface area contributed by atoms with Crippen LogP contribution < -0.4 is 15.0 Å². The van der Waals surface area contributed by atoms with Gasteiger partial charge in [0.1, 0.15) is 5.75 Å². The number of morpholine rings is 1. The predicted octanol–water partition coefficient (Wildman–Crippen LogP) is 3.35. The summed E-state index contributed by atoms with van der Waals surface area (Å²) >= 11 is 0. The Hall–Kier alpha value is -2.62. The first-order chi connectivity index (χ1) is 16.5. The number of rotatable bonds is 8. The van der Waals surface area contributed by atoms with Gasteiger partial charge in [0.25, 0.3) is 5.91 Å². The first-order valence-electron chi connectivity index (χ1n) is 12.0. The number of sulfonamides is 1. The van der Waals surface area contributed by atoms with Gasteiger partial charge in [-0.3, -0.25) is 4.79 Å². The molecule has 2 saturated heterocycles. The molecule has 0 unspecified atom stereocenters. The van der Waals surface area contributed by atoms with Crippen LogP contribution in [-0.4, -0.2) is 64.6 Å². The van der Waals surface area contributed by atoms with Gasteiger partial charge in [-0.05, 0) is 74.1 Å². The maximum atomic E-state index is 13.2. The van der Waals surface area contributed by atoms with E-state index < -0.39 is 10.0 Å². The molecule has 2 aromatic rings. The van der Waals surface area contributed by atoms with E-state index in [9.17, 15) is 13.2 Å². The van der Waals surface area contributed by atoms with Crippen molar-refractivity contribution < 1.29 is 22.7 Å². The molecule has 1 saturated carbocycles. The van der Waals surface area contributed by atoms with Gasteiger partial charge >= 0.3 is 0 Å². The van der Waals surface area contributed by atoms with Crippen molar-refractivity contribution in [1.29, 1.82) is 0 Å². The zero-order chi connectivity index (χ0) is 23.5. The molecule has 2 aliphatic heterocycles. The summed E-state index contributed by atoms with van der Waals surface area (Å²) in [5.74, 6) is 1.13. The average Bonchev–Trinajstić information content (AvgIpc) is 3.54. The molecule has 8 nitrogen and oxygen atoms in total. The van der Waals surface area contributed by atoms with Crippen LogP contribution in [0.15, 0.2) is 47.4 Å². The lowest BCUT2D eigenvalue weighted by molar-refractivity contribution is 0.0730. The maximum absolute atomic E-state index is 13.2. The summed E-state index contributed by atoms with van der Waals surface area (Å²) in [4.78, 5) is 15.5. The number of anilines is 2. The molecule has 9 heteroatoms. The SMILES string of the molecule is O=C(Nc1cc(S(=O)(=O)N2CCOCC2)ccc1N1CCCC1)c1ccc(OCC2CC2)cc1. The largest absolute Gasteiger partial charge is 0.493 e. The Morgan fingerprint density at radius 2 is 1.71 bits per heavy atom. The molecule has 0 aromatic heterocycles. The summed E-state index contributed by atoms with van der Waals surface area (Å²) in [5, 5.41) is 2.97. The molecular weight excluding hydrogens is 454 g/mol. The summed E-state index contributed by atoms with van der Waals surface area (Å²) in [5.41, 5.74) is 1.85. The van der Waals surface area contributed by atoms with Crippen molar-refractivity contribution in [2.45, 2.75) is 30.6 Å². The van der Waals surface area contributed by atoms with E-state index in [4.69, 9.17) is 9.47 Å². The molecule has 3 aliphatic rings. The number of hydrogen-bond donors (Lipinski definition) is 1. The van der Waals surface area contributed by atoms with Gasteiger partial charge in [0, 0.05) is 31.7 Å². The molecule has 1 N–H and O–H groups in total. The fourth-order valence-electron chi connectivity index (χ4n) is 4.34. The lowest BCUT2D eigenvalue weighted by Gasteiger charge is -2.27. The van der Waals surface area contributed by atoms with Crippen LogP contribution in [0.5, 0.6) is 5.75 Å². The van der Waals surface area contributed by atoms with Crippen LogP contribution in [0.4, 0.5) is 11.4 Å². The van der Waals surface area contributed by atoms with Gasteiger partial charge in [-0.1, -0.05) is 0 Å². The minimum atomic E-state index is -3.67. The van der Waals surface area contributed by atoms with E-state index in [2.05, 4.69) is 10.2 Å². The molecule has 34 heavy (non-hydrogen) atoms. The van der Waals surface area contributed by atoms with Crippen molar-refractivity contribution in [3.8, 4) is 5.75 Å². The number of hydrogen-bond acceptors (Lipinski definition) is 6. The Morgan fingerprint density at radius 1 is 1.00 bits per heavy atom. The van der Waals surface area contributed by atoms with E-state index in [1.807, 2.05) is 6.07 Å². The van der Waals surface area contributed by atoms with E-state index in [1.54, 1.807) is 36.4 Å². The van der Waals surface area contributed by atoms with Crippen LogP contribution in [0.3, 0.4) is 0 Å². The first kappa shape index (κ1) is 23.1. The Labute approximate surface area is 200 Å². The van der Waals surface area contributed by atoms with Gasteiger partial charge in [0.05, 0.1) is 36.1 Å². The number of amides is 1. The summed E-state index contributed by atoms with van der Waals surface area (Å²) < 4.78 is 38.9. The molecule has 2 heterocycles. The van der Waals surface area contributed by atoms with Crippen molar-refractivity contribution in [3.05, 3.63) is 48.0 Å². The fraction of sp³-hybridized carbons (Fsp3) is 0.480. The highest BCUT2D eigenvalue weighted by Crippen LogP contribution is 2.33. The Bertz CT molecular complexity index is 1120. The molecule has 5 rings (SSSR count). The summed E-state index contributed by atoms with van der Waals surface area (Å²) in [6.45, 7) is 3.90. The highest BCUT2D eigenvalue weighted by molar-refractivity contribution is 7.89. The van der Waals surface area contributed by atoms with Crippen LogP contribution >= 0.6 is 0 Å². The minimum absolute atomic E-state index is 0.177. The van der Waals surface area contributed by atoms with E-state index >= 15 is 0 Å². The molecule has 1 aliphatic carbocycles. The predicted molar refractivity (Wildman–Crippen MR) is 130 cm³/mol. The van der Waals surface area contributed by atoms with Gasteiger partial charge < -0.3 is 19.7 Å². The fourth-order valence-corrected chi connectivity index (χ4v) is 5.78. The summed E-state index contributed by atoms with van der Waals surface area (Å²) in [6, 6.07) is 12.1. The van der Waals surface area contributed by atoms with Gasteiger partial charge in [0.2, 0.25) is 10.0 Å². The van der Waals surface area contributed by atoms with E-state index in [-0.39, 0.29) is 10.8 Å². The quantitative estimate of drug-likeness (QED) is 0.617. The monoisotopic (exact) mass is 485 g/mol. The smallest absolute Gasteiger partial charge is 0.255 e. The van der Waals surface area contributed by atoms with Gasteiger partial charge in [-0.2, -0.15) is 4.31 Å². The van der Waals surface area contributed by atoms with Gasteiger partial charge in [-0.25, -0.2) is 8.42 Å². The Kier molecular flexibility index (Phi) is 6.76. The zero-order valence-corrected chi connectivity index (χ0v) is 20.1. The number of carbonyl (C=O) groups is 1. The lowest BCUT2D eigenvalue weighted by atomic mass is 10.2. The van der Waals surface area contributed by atoms with E-state index in [1.165, 1.54) is 17.1 Å². The van der Waals surface area contributed by atoms with Crippen molar-refractivity contribution >= 4 is 27.3 Å². The summed E-state index contributed by atoms with van der Waals surface area (Å²) in [7, 11) is -3.67. The number of nitrogens with one attached hydrogen (secondary N) is 1. The van der Waals surface area contributed by atoms with E-state index in [0.29, 0.717) is 43.5 Å². The molecule has 0 spiro atoms. The van der Waals surface area contributed by atoms with Crippen LogP contribution in [0, 0.1) is 5.92 Å². The normalized spacial score (nSPS) is 19.2. The molecule has 1 amide bonds. The van der Waals surface area contributed by atoms with Gasteiger partial charge in [0.15, 0.2) is 0 Å². The molecular formula is C25H31N3O5S. The Morgan fingerprint density at radius 3 is 2.38 bits per heavy atom. The number of carbonyl (C=O) groups excluding carboxylic acids is 1. The highest BCUT2D eigenvalue weighted by atomic mass is 32.2. The highest BCUT2D eigenvalue weighted by Gasteiger charge is 2.28.